The number of carbonyl (C=O) groups excluding carboxylic acids is 2. The first-order valence-corrected chi connectivity index (χ1v) is 9.43. The molecule has 3 rings (SSSR count). The predicted molar refractivity (Wildman–Crippen MR) is 106 cm³/mol. The Morgan fingerprint density at radius 3 is 2.50 bits per heavy atom. The molecule has 1 heterocycles. The fourth-order valence-corrected chi connectivity index (χ4v) is 3.54. The van der Waals surface area contributed by atoms with E-state index in [0.717, 1.165) is 12.1 Å². The Hall–Kier alpha value is -3.06. The number of nitrogens with zero attached hydrogens (tertiary/aromatic N) is 1. The van der Waals surface area contributed by atoms with Gasteiger partial charge in [0.05, 0.1) is 22.2 Å². The molecule has 0 saturated heterocycles. The van der Waals surface area contributed by atoms with Gasteiger partial charge in [-0.25, -0.2) is 8.78 Å². The molecule has 0 bridgehead atoms. The number of anilines is 1. The maximum atomic E-state index is 14.0. The molecule has 144 valence electrons. The van der Waals surface area contributed by atoms with Gasteiger partial charge >= 0.3 is 0 Å². The Labute approximate surface area is 165 Å². The first-order valence-electron chi connectivity index (χ1n) is 8.55. The van der Waals surface area contributed by atoms with Crippen LogP contribution in [0.4, 0.5) is 14.5 Å². The Kier molecular flexibility index (Phi) is 5.84. The topological polar surface area (TPSA) is 49.4 Å². The second-order valence-electron chi connectivity index (χ2n) is 6.22. The number of thiophene rings is 1. The van der Waals surface area contributed by atoms with Crippen LogP contribution in [0.3, 0.4) is 0 Å². The first kappa shape index (κ1) is 19.7. The summed E-state index contributed by atoms with van der Waals surface area (Å²) < 4.78 is 27.1. The molecule has 0 saturated carbocycles. The minimum atomic E-state index is -0.730. The fourth-order valence-electron chi connectivity index (χ4n) is 2.84. The highest BCUT2D eigenvalue weighted by atomic mass is 32.1. The zero-order valence-electron chi connectivity index (χ0n) is 15.3. The Morgan fingerprint density at radius 1 is 1.07 bits per heavy atom. The molecular formula is C21H18F2N2O2S. The third-order valence-electron chi connectivity index (χ3n) is 4.32. The van der Waals surface area contributed by atoms with E-state index in [4.69, 9.17) is 0 Å². The molecule has 2 aromatic carbocycles. The molecule has 28 heavy (non-hydrogen) atoms. The molecule has 1 aromatic heterocycles. The van der Waals surface area contributed by atoms with Crippen LogP contribution in [0.1, 0.15) is 38.6 Å². The summed E-state index contributed by atoms with van der Waals surface area (Å²) in [5.74, 6) is -2.10. The lowest BCUT2D eigenvalue weighted by Gasteiger charge is -2.21. The Balaban J connectivity index is 1.83. The highest BCUT2D eigenvalue weighted by molar-refractivity contribution is 7.12. The summed E-state index contributed by atoms with van der Waals surface area (Å²) in [4.78, 5) is 27.4. The van der Waals surface area contributed by atoms with Gasteiger partial charge in [0, 0.05) is 18.7 Å². The number of halogens is 2. The van der Waals surface area contributed by atoms with Crippen LogP contribution in [0, 0.1) is 11.6 Å². The number of para-hydroxylation sites is 1. The SMILES string of the molecule is CC(NC(=O)c1ccccc1N(C)C(=O)c1cccs1)c1ccc(F)cc1F. The number of benzene rings is 2. The zero-order valence-corrected chi connectivity index (χ0v) is 16.1. The van der Waals surface area contributed by atoms with E-state index in [1.54, 1.807) is 55.7 Å². The van der Waals surface area contributed by atoms with Gasteiger partial charge in [-0.3, -0.25) is 9.59 Å². The van der Waals surface area contributed by atoms with Crippen LogP contribution in [0.5, 0.6) is 0 Å². The molecule has 0 radical (unpaired) electrons. The Morgan fingerprint density at radius 2 is 1.82 bits per heavy atom. The summed E-state index contributed by atoms with van der Waals surface area (Å²) in [5, 5.41) is 4.51. The minimum absolute atomic E-state index is 0.176. The highest BCUT2D eigenvalue weighted by Gasteiger charge is 2.22. The minimum Gasteiger partial charge on any atom is -0.345 e. The van der Waals surface area contributed by atoms with E-state index in [0.29, 0.717) is 10.6 Å². The van der Waals surface area contributed by atoms with E-state index in [-0.39, 0.29) is 17.0 Å². The smallest absolute Gasteiger partial charge is 0.268 e. The lowest BCUT2D eigenvalue weighted by molar-refractivity contribution is 0.0940. The zero-order chi connectivity index (χ0) is 20.3. The number of amides is 2. The quantitative estimate of drug-likeness (QED) is 0.669. The van der Waals surface area contributed by atoms with Crippen LogP contribution in [-0.4, -0.2) is 18.9 Å². The van der Waals surface area contributed by atoms with Crippen LogP contribution >= 0.6 is 11.3 Å². The highest BCUT2D eigenvalue weighted by Crippen LogP contribution is 2.24. The molecule has 1 unspecified atom stereocenters. The van der Waals surface area contributed by atoms with Crippen LogP contribution < -0.4 is 10.2 Å². The van der Waals surface area contributed by atoms with Gasteiger partial charge in [-0.05, 0) is 36.6 Å². The maximum Gasteiger partial charge on any atom is 0.268 e. The molecule has 0 fully saturated rings. The molecule has 0 aliphatic rings. The summed E-state index contributed by atoms with van der Waals surface area (Å²) in [6, 6.07) is 12.7. The molecule has 1 N–H and O–H groups in total. The average Bonchev–Trinajstić information content (AvgIpc) is 3.21. The van der Waals surface area contributed by atoms with Crippen LogP contribution in [0.25, 0.3) is 0 Å². The van der Waals surface area contributed by atoms with Gasteiger partial charge in [-0.2, -0.15) is 0 Å². The van der Waals surface area contributed by atoms with Crippen molar-refractivity contribution in [2.24, 2.45) is 0 Å². The summed E-state index contributed by atoms with van der Waals surface area (Å²) in [6.45, 7) is 1.61. The van der Waals surface area contributed by atoms with Crippen molar-refractivity contribution in [3.05, 3.63) is 87.6 Å². The third-order valence-corrected chi connectivity index (χ3v) is 5.18. The Bertz CT molecular complexity index is 1010. The van der Waals surface area contributed by atoms with Gasteiger partial charge in [-0.1, -0.05) is 24.3 Å². The van der Waals surface area contributed by atoms with Gasteiger partial charge in [0.25, 0.3) is 11.8 Å². The lowest BCUT2D eigenvalue weighted by Crippen LogP contribution is -2.31. The normalized spacial score (nSPS) is 11.7. The molecule has 7 heteroatoms. The lowest BCUT2D eigenvalue weighted by atomic mass is 10.1. The van der Waals surface area contributed by atoms with E-state index in [2.05, 4.69) is 5.32 Å². The van der Waals surface area contributed by atoms with Gasteiger partial charge in [0.2, 0.25) is 0 Å². The van der Waals surface area contributed by atoms with Crippen LogP contribution in [-0.2, 0) is 0 Å². The molecule has 1 atom stereocenters. The van der Waals surface area contributed by atoms with Gasteiger partial charge in [0.1, 0.15) is 11.6 Å². The monoisotopic (exact) mass is 400 g/mol. The van der Waals surface area contributed by atoms with Crippen molar-refractivity contribution in [1.29, 1.82) is 0 Å². The number of hydrogen-bond donors (Lipinski definition) is 1. The third kappa shape index (κ3) is 4.09. The van der Waals surface area contributed by atoms with E-state index in [9.17, 15) is 18.4 Å². The average molecular weight is 400 g/mol. The first-order chi connectivity index (χ1) is 13.4. The fraction of sp³-hybridized carbons (Fsp3) is 0.143. The summed E-state index contributed by atoms with van der Waals surface area (Å²) in [6.07, 6.45) is 0. The second-order valence-corrected chi connectivity index (χ2v) is 7.17. The molecule has 0 spiro atoms. The van der Waals surface area contributed by atoms with Crippen molar-refractivity contribution < 1.29 is 18.4 Å². The predicted octanol–water partition coefficient (Wildman–Crippen LogP) is 4.79. The number of nitrogens with one attached hydrogen (secondary N) is 1. The van der Waals surface area contributed by atoms with E-state index >= 15 is 0 Å². The second kappa shape index (κ2) is 8.31. The summed E-state index contributed by atoms with van der Waals surface area (Å²) in [7, 11) is 1.59. The van der Waals surface area contributed by atoms with Gasteiger partial charge in [0.15, 0.2) is 0 Å². The van der Waals surface area contributed by atoms with Crippen LogP contribution in [0.15, 0.2) is 60.0 Å². The van der Waals surface area contributed by atoms with E-state index < -0.39 is 23.6 Å². The van der Waals surface area contributed by atoms with E-state index in [1.165, 1.54) is 22.3 Å². The van der Waals surface area contributed by atoms with Gasteiger partial charge < -0.3 is 10.2 Å². The number of hydrogen-bond acceptors (Lipinski definition) is 3. The largest absolute Gasteiger partial charge is 0.345 e. The molecule has 0 aliphatic carbocycles. The molecule has 4 nitrogen and oxygen atoms in total. The van der Waals surface area contributed by atoms with Crippen LogP contribution in [0.2, 0.25) is 0 Å². The molecule has 3 aromatic rings. The summed E-state index contributed by atoms with van der Waals surface area (Å²) >= 11 is 1.31. The maximum absolute atomic E-state index is 14.0. The van der Waals surface area contributed by atoms with E-state index in [1.807, 2.05) is 0 Å². The van der Waals surface area contributed by atoms with Crippen molar-refractivity contribution in [1.82, 2.24) is 5.32 Å². The number of rotatable bonds is 5. The molecular weight excluding hydrogens is 382 g/mol. The van der Waals surface area contributed by atoms with Crippen molar-refractivity contribution in [3.63, 3.8) is 0 Å². The van der Waals surface area contributed by atoms with Crippen molar-refractivity contribution in [3.8, 4) is 0 Å². The van der Waals surface area contributed by atoms with Crippen molar-refractivity contribution in [2.45, 2.75) is 13.0 Å². The van der Waals surface area contributed by atoms with Crippen molar-refractivity contribution >= 4 is 28.8 Å². The molecule has 2 amide bonds. The van der Waals surface area contributed by atoms with Crippen molar-refractivity contribution in [2.75, 3.05) is 11.9 Å². The molecule has 0 aliphatic heterocycles. The number of carbonyl (C=O) groups is 2. The van der Waals surface area contributed by atoms with Gasteiger partial charge in [-0.15, -0.1) is 11.3 Å². The summed E-state index contributed by atoms with van der Waals surface area (Å²) in [5.41, 5.74) is 0.893. The standard InChI is InChI=1S/C21H18F2N2O2S/c1-13(15-10-9-14(22)12-17(15)23)24-20(26)16-6-3-4-7-18(16)25(2)21(27)19-8-5-11-28-19/h3-13H,1-2H3,(H,24,26).